The maximum absolute atomic E-state index is 13.6. The van der Waals surface area contributed by atoms with E-state index >= 15 is 0 Å². The van der Waals surface area contributed by atoms with Gasteiger partial charge >= 0.3 is 42.3 Å². The first-order chi connectivity index (χ1) is 11.9. The van der Waals surface area contributed by atoms with E-state index in [9.17, 15) is 74.6 Å². The zero-order valence-electron chi connectivity index (χ0n) is 11.8. The molecule has 0 radical (unpaired) electrons. The van der Waals surface area contributed by atoms with E-state index in [1.54, 1.807) is 4.74 Å². The average molecular weight is 461 g/mol. The van der Waals surface area contributed by atoms with Crippen molar-refractivity contribution in [2.24, 2.45) is 0 Å². The summed E-state index contributed by atoms with van der Waals surface area (Å²) in [6, 6.07) is -15.2. The fourth-order valence-corrected chi connectivity index (χ4v) is 1.70. The number of morpholine rings is 1. The summed E-state index contributed by atoms with van der Waals surface area (Å²) >= 11 is 0. The van der Waals surface area contributed by atoms with Crippen LogP contribution in [0.2, 0.25) is 0 Å². The molecule has 1 aliphatic rings. The molecule has 1 fully saturated rings. The SMILES string of the molecule is F/C(=C(\F)C(F)(F)F)N1C(F)(F)C(F)(C(F)(F)F)OC(F)(C(F)(F)F)C1(F)F. The molecule has 0 aromatic heterocycles. The third-order valence-electron chi connectivity index (χ3n) is 2.97. The highest BCUT2D eigenvalue weighted by atomic mass is 19.4. The molecule has 0 spiro atoms. The van der Waals surface area contributed by atoms with Crippen LogP contribution in [0.5, 0.6) is 0 Å². The zero-order chi connectivity index (χ0) is 22.9. The van der Waals surface area contributed by atoms with Crippen LogP contribution in [0.1, 0.15) is 0 Å². The van der Waals surface area contributed by atoms with Crippen LogP contribution < -0.4 is 0 Å². The molecule has 19 heteroatoms. The first-order valence-corrected chi connectivity index (χ1v) is 5.79. The highest BCUT2D eigenvalue weighted by Crippen LogP contribution is 2.64. The molecule has 0 aromatic carbocycles. The van der Waals surface area contributed by atoms with Crippen LogP contribution in [0.4, 0.5) is 74.6 Å². The van der Waals surface area contributed by atoms with E-state index in [4.69, 9.17) is 0 Å². The van der Waals surface area contributed by atoms with E-state index in [1.165, 1.54) is 0 Å². The molecule has 0 N–H and O–H groups in total. The molecule has 2 atom stereocenters. The predicted octanol–water partition coefficient (Wildman–Crippen LogP) is 5.63. The molecule has 1 saturated heterocycles. The van der Waals surface area contributed by atoms with Gasteiger partial charge in [-0.2, -0.15) is 74.6 Å². The Hall–Kier alpha value is -1.69. The number of alkyl halides is 15. The number of allylic oxidation sites excluding steroid dienone is 1. The van der Waals surface area contributed by atoms with Gasteiger partial charge in [0, 0.05) is 0 Å². The Balaban J connectivity index is 4.04. The summed E-state index contributed by atoms with van der Waals surface area (Å²) in [7, 11) is 0. The number of ether oxygens (including phenoxy) is 1. The van der Waals surface area contributed by atoms with Gasteiger partial charge in [0.05, 0.1) is 0 Å². The molecule has 1 aliphatic heterocycles. The zero-order valence-corrected chi connectivity index (χ0v) is 11.8. The van der Waals surface area contributed by atoms with Crippen molar-refractivity contribution in [2.45, 2.75) is 42.3 Å². The van der Waals surface area contributed by atoms with Crippen LogP contribution in [-0.4, -0.2) is 47.2 Å². The highest BCUT2D eigenvalue weighted by Gasteiger charge is 2.93. The monoisotopic (exact) mass is 461 g/mol. The second-order valence-corrected chi connectivity index (χ2v) is 4.81. The summed E-state index contributed by atoms with van der Waals surface area (Å²) in [5.41, 5.74) is 0. The Morgan fingerprint density at radius 2 is 0.893 bits per heavy atom. The summed E-state index contributed by atoms with van der Waals surface area (Å²) < 4.78 is 219. The Morgan fingerprint density at radius 3 is 1.11 bits per heavy atom. The summed E-state index contributed by atoms with van der Waals surface area (Å²) in [5, 5.41) is 0. The van der Waals surface area contributed by atoms with E-state index in [-0.39, 0.29) is 0 Å². The van der Waals surface area contributed by atoms with Gasteiger partial charge in [-0.25, -0.2) is 4.90 Å². The summed E-state index contributed by atoms with van der Waals surface area (Å²) in [6.45, 7) is 0. The molecule has 28 heavy (non-hydrogen) atoms. The van der Waals surface area contributed by atoms with Crippen molar-refractivity contribution in [3.63, 3.8) is 0 Å². The third kappa shape index (κ3) is 3.00. The molecule has 2 unspecified atom stereocenters. The van der Waals surface area contributed by atoms with Crippen molar-refractivity contribution in [3.05, 3.63) is 11.8 Å². The number of hydrogen-bond acceptors (Lipinski definition) is 2. The summed E-state index contributed by atoms with van der Waals surface area (Å²) in [4.78, 5) is -3.91. The quantitative estimate of drug-likeness (QED) is 0.371. The van der Waals surface area contributed by atoms with Gasteiger partial charge in [0.15, 0.2) is 0 Å². The van der Waals surface area contributed by atoms with Crippen LogP contribution in [0, 0.1) is 0 Å². The standard InChI is InChI=1S/C9F17NO/c10-1(3(12,13)14)2(11)27-8(23,24)4(15,6(17,18)19)28-5(16,7(20,21)22)9(27,25)26/b2-1+. The molecule has 0 aromatic rings. The van der Waals surface area contributed by atoms with Crippen LogP contribution in [-0.2, 0) is 4.74 Å². The molecular formula is C9F17NO. The van der Waals surface area contributed by atoms with Crippen molar-refractivity contribution < 1.29 is 79.4 Å². The highest BCUT2D eigenvalue weighted by molar-refractivity contribution is 5.16. The summed E-state index contributed by atoms with van der Waals surface area (Å²) in [6.07, 6.45) is -22.0. The fourth-order valence-electron chi connectivity index (χ4n) is 1.70. The Morgan fingerprint density at radius 1 is 0.607 bits per heavy atom. The minimum Gasteiger partial charge on any atom is -0.281 e. The van der Waals surface area contributed by atoms with Crippen molar-refractivity contribution in [2.75, 3.05) is 0 Å². The van der Waals surface area contributed by atoms with Gasteiger partial charge in [0.25, 0.3) is 5.83 Å². The molecule has 1 rings (SSSR count). The number of halogens is 17. The molecule has 1 heterocycles. The smallest absolute Gasteiger partial charge is 0.281 e. The average Bonchev–Trinajstić information content (AvgIpc) is 2.40. The van der Waals surface area contributed by atoms with E-state index < -0.39 is 59.0 Å². The Kier molecular flexibility index (Phi) is 5.14. The van der Waals surface area contributed by atoms with Gasteiger partial charge in [-0.15, -0.1) is 0 Å². The van der Waals surface area contributed by atoms with Crippen LogP contribution in [0.15, 0.2) is 11.8 Å². The second kappa shape index (κ2) is 5.91. The number of rotatable bonds is 1. The minimum atomic E-state index is -7.58. The first kappa shape index (κ1) is 24.3. The van der Waals surface area contributed by atoms with Crippen molar-refractivity contribution >= 4 is 0 Å². The van der Waals surface area contributed by atoms with Gasteiger partial charge in [0.1, 0.15) is 0 Å². The number of nitrogens with zero attached hydrogens (tertiary/aromatic N) is 1. The molecule has 0 aliphatic carbocycles. The lowest BCUT2D eigenvalue weighted by Crippen LogP contribution is -2.81. The van der Waals surface area contributed by atoms with E-state index in [1.807, 2.05) is 0 Å². The Bertz CT molecular complexity index is 619. The fraction of sp³-hybridized carbons (Fsp3) is 0.778. The van der Waals surface area contributed by atoms with Crippen LogP contribution >= 0.6 is 0 Å². The largest absolute Gasteiger partial charge is 0.457 e. The molecule has 0 saturated carbocycles. The lowest BCUT2D eigenvalue weighted by atomic mass is 10.1. The maximum atomic E-state index is 13.6. The van der Waals surface area contributed by atoms with Crippen LogP contribution in [0.25, 0.3) is 0 Å². The molecule has 166 valence electrons. The van der Waals surface area contributed by atoms with Gasteiger partial charge in [-0.3, -0.25) is 4.74 Å². The lowest BCUT2D eigenvalue weighted by molar-refractivity contribution is -0.574. The molecule has 0 amide bonds. The number of hydrogen-bond donors (Lipinski definition) is 0. The van der Waals surface area contributed by atoms with Gasteiger partial charge in [0.2, 0.25) is 5.95 Å². The van der Waals surface area contributed by atoms with E-state index in [0.29, 0.717) is 0 Å². The maximum Gasteiger partial charge on any atom is 0.457 e. The topological polar surface area (TPSA) is 12.5 Å². The summed E-state index contributed by atoms with van der Waals surface area (Å²) in [5.74, 6) is -24.7. The van der Waals surface area contributed by atoms with Crippen molar-refractivity contribution in [1.29, 1.82) is 0 Å². The second-order valence-electron chi connectivity index (χ2n) is 4.81. The normalized spacial score (nSPS) is 32.2. The third-order valence-corrected chi connectivity index (χ3v) is 2.97. The van der Waals surface area contributed by atoms with Crippen molar-refractivity contribution in [3.8, 4) is 0 Å². The van der Waals surface area contributed by atoms with Gasteiger partial charge in [-0.1, -0.05) is 0 Å². The van der Waals surface area contributed by atoms with Gasteiger partial charge in [-0.05, 0) is 0 Å². The molecule has 2 nitrogen and oxygen atoms in total. The molecular weight excluding hydrogens is 461 g/mol. The molecule has 0 bridgehead atoms. The van der Waals surface area contributed by atoms with E-state index in [0.717, 1.165) is 0 Å². The Labute approximate surface area is 140 Å². The van der Waals surface area contributed by atoms with Gasteiger partial charge < -0.3 is 0 Å². The first-order valence-electron chi connectivity index (χ1n) is 5.79. The predicted molar refractivity (Wildman–Crippen MR) is 47.9 cm³/mol. The van der Waals surface area contributed by atoms with Crippen molar-refractivity contribution in [1.82, 2.24) is 4.90 Å². The minimum absolute atomic E-state index is 1.65. The van der Waals surface area contributed by atoms with Crippen LogP contribution in [0.3, 0.4) is 0 Å². The van der Waals surface area contributed by atoms with E-state index in [2.05, 4.69) is 0 Å². The lowest BCUT2D eigenvalue weighted by Gasteiger charge is -2.53.